The third kappa shape index (κ3) is 6.19. The number of nitrogens with one attached hydrogen (secondary N) is 2. The van der Waals surface area contributed by atoms with E-state index in [1.807, 2.05) is 68.3 Å². The number of amides is 2. The van der Waals surface area contributed by atoms with Crippen LogP contribution in [0.2, 0.25) is 0 Å². The Balaban J connectivity index is 1.52. The molecule has 0 saturated heterocycles. The van der Waals surface area contributed by atoms with Crippen molar-refractivity contribution in [3.63, 3.8) is 0 Å². The molecule has 0 atom stereocenters. The molecule has 3 rings (SSSR count). The van der Waals surface area contributed by atoms with E-state index in [1.54, 1.807) is 0 Å². The number of rotatable bonds is 8. The molecule has 7 nitrogen and oxygen atoms in total. The molecule has 0 unspecified atom stereocenters. The van der Waals surface area contributed by atoms with Gasteiger partial charge in [0.2, 0.25) is 10.9 Å². The van der Waals surface area contributed by atoms with Gasteiger partial charge in [0, 0.05) is 11.4 Å². The number of nitrogens with zero attached hydrogens (tertiary/aromatic N) is 3. The van der Waals surface area contributed by atoms with E-state index >= 15 is 0 Å². The fourth-order valence-electron chi connectivity index (χ4n) is 3.03. The summed E-state index contributed by atoms with van der Waals surface area (Å²) in [6.07, 6.45) is 0.949. The van der Waals surface area contributed by atoms with Gasteiger partial charge in [-0.05, 0) is 62.2 Å². The van der Waals surface area contributed by atoms with Crippen LogP contribution < -0.4 is 10.6 Å². The van der Waals surface area contributed by atoms with Gasteiger partial charge >= 0.3 is 0 Å². The number of aromatic nitrogens is 2. The molecule has 1 aromatic heterocycles. The van der Waals surface area contributed by atoms with Crippen LogP contribution in [-0.4, -0.2) is 40.5 Å². The van der Waals surface area contributed by atoms with E-state index in [0.29, 0.717) is 16.6 Å². The molecule has 0 aliphatic carbocycles. The fourth-order valence-corrected chi connectivity index (χ4v) is 3.84. The van der Waals surface area contributed by atoms with Gasteiger partial charge < -0.3 is 10.6 Å². The second kappa shape index (κ2) is 10.3. The van der Waals surface area contributed by atoms with Crippen molar-refractivity contribution in [3.05, 3.63) is 69.2 Å². The van der Waals surface area contributed by atoms with Crippen molar-refractivity contribution in [1.82, 2.24) is 15.1 Å². The second-order valence-electron chi connectivity index (χ2n) is 7.47. The van der Waals surface area contributed by atoms with Gasteiger partial charge in [-0.1, -0.05) is 42.5 Å². The minimum absolute atomic E-state index is 0.103. The standard InChI is InChI=1S/C23H27N5O2S/c1-5-17-9-11-18(12-10-17)24-22(30)23-27-26-21(31-23)14-28(4)13-20(29)25-19-8-6-7-15(2)16(19)3/h6-12H,5,13-14H2,1-4H3,(H,24,30)(H,25,29). The highest BCUT2D eigenvalue weighted by atomic mass is 32.1. The van der Waals surface area contributed by atoms with Crippen LogP contribution in [0.3, 0.4) is 0 Å². The number of hydrogen-bond acceptors (Lipinski definition) is 6. The molecule has 31 heavy (non-hydrogen) atoms. The summed E-state index contributed by atoms with van der Waals surface area (Å²) in [5, 5.41) is 14.8. The molecule has 0 bridgehead atoms. The van der Waals surface area contributed by atoms with E-state index in [4.69, 9.17) is 0 Å². The van der Waals surface area contributed by atoms with Crippen LogP contribution in [0, 0.1) is 13.8 Å². The van der Waals surface area contributed by atoms with Crippen molar-refractivity contribution in [1.29, 1.82) is 0 Å². The summed E-state index contributed by atoms with van der Waals surface area (Å²) >= 11 is 1.22. The summed E-state index contributed by atoms with van der Waals surface area (Å²) in [4.78, 5) is 26.7. The number of anilines is 2. The minimum Gasteiger partial charge on any atom is -0.325 e. The molecule has 0 spiro atoms. The van der Waals surface area contributed by atoms with Gasteiger partial charge in [0.05, 0.1) is 13.1 Å². The lowest BCUT2D eigenvalue weighted by molar-refractivity contribution is -0.117. The van der Waals surface area contributed by atoms with E-state index in [0.717, 1.165) is 28.9 Å². The van der Waals surface area contributed by atoms with Crippen LogP contribution in [0.4, 0.5) is 11.4 Å². The number of hydrogen-bond donors (Lipinski definition) is 2. The Morgan fingerprint density at radius 2 is 1.77 bits per heavy atom. The smallest absolute Gasteiger partial charge is 0.286 e. The molecule has 0 radical (unpaired) electrons. The van der Waals surface area contributed by atoms with Gasteiger partial charge in [-0.15, -0.1) is 10.2 Å². The van der Waals surface area contributed by atoms with Gasteiger partial charge in [0.25, 0.3) is 5.91 Å². The maximum absolute atomic E-state index is 12.4. The average Bonchev–Trinajstić information content (AvgIpc) is 3.20. The first-order chi connectivity index (χ1) is 14.9. The van der Waals surface area contributed by atoms with Crippen molar-refractivity contribution in [2.75, 3.05) is 24.2 Å². The van der Waals surface area contributed by atoms with Crippen molar-refractivity contribution in [2.45, 2.75) is 33.7 Å². The largest absolute Gasteiger partial charge is 0.325 e. The van der Waals surface area contributed by atoms with Crippen LogP contribution >= 0.6 is 11.3 Å². The molecular formula is C23H27N5O2S. The summed E-state index contributed by atoms with van der Waals surface area (Å²) in [5.74, 6) is -0.391. The summed E-state index contributed by atoms with van der Waals surface area (Å²) in [6.45, 7) is 6.72. The van der Waals surface area contributed by atoms with Crippen molar-refractivity contribution in [3.8, 4) is 0 Å². The lowest BCUT2D eigenvalue weighted by Gasteiger charge is -2.15. The summed E-state index contributed by atoms with van der Waals surface area (Å²) in [5.41, 5.74) is 4.94. The maximum Gasteiger partial charge on any atom is 0.286 e. The van der Waals surface area contributed by atoms with Gasteiger partial charge in [-0.2, -0.15) is 0 Å². The first-order valence-electron chi connectivity index (χ1n) is 10.1. The van der Waals surface area contributed by atoms with Gasteiger partial charge in [0.1, 0.15) is 5.01 Å². The minimum atomic E-state index is -0.289. The van der Waals surface area contributed by atoms with Crippen molar-refractivity contribution >= 4 is 34.5 Å². The third-order valence-electron chi connectivity index (χ3n) is 4.98. The Kier molecular flexibility index (Phi) is 7.49. The summed E-state index contributed by atoms with van der Waals surface area (Å²) in [7, 11) is 1.83. The van der Waals surface area contributed by atoms with E-state index in [9.17, 15) is 9.59 Å². The number of aryl methyl sites for hydroxylation is 2. The Morgan fingerprint density at radius 3 is 2.48 bits per heavy atom. The van der Waals surface area contributed by atoms with E-state index in [2.05, 4.69) is 27.8 Å². The van der Waals surface area contributed by atoms with E-state index in [-0.39, 0.29) is 18.4 Å². The van der Waals surface area contributed by atoms with Crippen LogP contribution in [0.1, 0.15) is 38.4 Å². The SMILES string of the molecule is CCc1ccc(NC(=O)c2nnc(CN(C)CC(=O)Nc3cccc(C)c3C)s2)cc1. The number of likely N-dealkylation sites (N-methyl/N-ethyl adjacent to an activating group) is 1. The van der Waals surface area contributed by atoms with E-state index < -0.39 is 0 Å². The lowest BCUT2D eigenvalue weighted by Crippen LogP contribution is -2.30. The van der Waals surface area contributed by atoms with Gasteiger partial charge in [-0.25, -0.2) is 0 Å². The summed E-state index contributed by atoms with van der Waals surface area (Å²) in [6, 6.07) is 13.6. The molecule has 1 heterocycles. The quantitative estimate of drug-likeness (QED) is 0.555. The highest BCUT2D eigenvalue weighted by Gasteiger charge is 2.16. The molecule has 2 aromatic carbocycles. The van der Waals surface area contributed by atoms with Crippen LogP contribution in [0.5, 0.6) is 0 Å². The number of carbonyl (C=O) groups excluding carboxylic acids is 2. The lowest BCUT2D eigenvalue weighted by atomic mass is 10.1. The molecule has 3 aromatic rings. The van der Waals surface area contributed by atoms with Crippen LogP contribution in [0.15, 0.2) is 42.5 Å². The Hall–Kier alpha value is -3.10. The molecule has 0 aliphatic heterocycles. The first kappa shape index (κ1) is 22.6. The maximum atomic E-state index is 12.4. The van der Waals surface area contributed by atoms with E-state index in [1.165, 1.54) is 16.9 Å². The molecule has 2 amide bonds. The highest BCUT2D eigenvalue weighted by Crippen LogP contribution is 2.18. The molecule has 2 N–H and O–H groups in total. The molecule has 0 aliphatic rings. The fraction of sp³-hybridized carbons (Fsp3) is 0.304. The predicted octanol–water partition coefficient (Wildman–Crippen LogP) is 4.04. The van der Waals surface area contributed by atoms with Crippen molar-refractivity contribution in [2.24, 2.45) is 0 Å². The molecule has 0 saturated carbocycles. The Labute approximate surface area is 186 Å². The Morgan fingerprint density at radius 1 is 1.03 bits per heavy atom. The zero-order valence-corrected chi connectivity index (χ0v) is 19.0. The topological polar surface area (TPSA) is 87.2 Å². The van der Waals surface area contributed by atoms with Crippen LogP contribution in [-0.2, 0) is 17.8 Å². The first-order valence-corrected chi connectivity index (χ1v) is 10.9. The number of carbonyl (C=O) groups is 2. The molecule has 0 fully saturated rings. The van der Waals surface area contributed by atoms with Gasteiger partial charge in [-0.3, -0.25) is 14.5 Å². The predicted molar refractivity (Wildman–Crippen MR) is 125 cm³/mol. The molecular weight excluding hydrogens is 410 g/mol. The molecule has 162 valence electrons. The summed E-state index contributed by atoms with van der Waals surface area (Å²) < 4.78 is 0. The normalized spacial score (nSPS) is 10.9. The third-order valence-corrected chi connectivity index (χ3v) is 5.89. The Bertz CT molecular complexity index is 1060. The van der Waals surface area contributed by atoms with Gasteiger partial charge in [0.15, 0.2) is 0 Å². The molecule has 8 heteroatoms. The second-order valence-corrected chi connectivity index (χ2v) is 8.54. The monoisotopic (exact) mass is 437 g/mol. The zero-order chi connectivity index (χ0) is 22.4. The highest BCUT2D eigenvalue weighted by molar-refractivity contribution is 7.13. The zero-order valence-electron chi connectivity index (χ0n) is 18.2. The van der Waals surface area contributed by atoms with Crippen molar-refractivity contribution < 1.29 is 9.59 Å². The number of benzene rings is 2. The van der Waals surface area contributed by atoms with Crippen LogP contribution in [0.25, 0.3) is 0 Å². The average molecular weight is 438 g/mol.